The molecule has 1 unspecified atom stereocenters. The topological polar surface area (TPSA) is 39.2 Å². The lowest BCUT2D eigenvalue weighted by molar-refractivity contribution is 0.485. The molecule has 1 atom stereocenters. The highest BCUT2D eigenvalue weighted by Gasteiger charge is 2.15. The fourth-order valence-corrected chi connectivity index (χ4v) is 1.40. The molecule has 3 nitrogen and oxygen atoms in total. The van der Waals surface area contributed by atoms with E-state index in [4.69, 9.17) is 8.83 Å². The minimum Gasteiger partial charge on any atom is -0.472 e. The summed E-state index contributed by atoms with van der Waals surface area (Å²) in [4.78, 5) is 4.05. The van der Waals surface area contributed by atoms with E-state index >= 15 is 0 Å². The minimum atomic E-state index is 0.209. The Morgan fingerprint density at radius 3 is 2.85 bits per heavy atom. The summed E-state index contributed by atoms with van der Waals surface area (Å²) in [6.45, 7) is 4.01. The van der Waals surface area contributed by atoms with Crippen molar-refractivity contribution in [2.75, 3.05) is 0 Å². The summed E-state index contributed by atoms with van der Waals surface area (Å²) < 4.78 is 10.3. The van der Waals surface area contributed by atoms with Gasteiger partial charge in [0, 0.05) is 11.5 Å². The summed E-state index contributed by atoms with van der Waals surface area (Å²) in [6.07, 6.45) is 4.87. The zero-order valence-electron chi connectivity index (χ0n) is 7.65. The highest BCUT2D eigenvalue weighted by molar-refractivity contribution is 5.24. The van der Waals surface area contributed by atoms with Crippen LogP contribution < -0.4 is 0 Å². The second-order valence-electron chi connectivity index (χ2n) is 3.08. The summed E-state index contributed by atoms with van der Waals surface area (Å²) in [5, 5.41) is 0. The number of aryl methyl sites for hydroxylation is 1. The van der Waals surface area contributed by atoms with Gasteiger partial charge in [0.1, 0.15) is 5.76 Å². The van der Waals surface area contributed by atoms with Crippen LogP contribution in [0.1, 0.15) is 29.9 Å². The molecule has 0 saturated carbocycles. The Morgan fingerprint density at radius 1 is 1.46 bits per heavy atom. The van der Waals surface area contributed by atoms with Gasteiger partial charge in [-0.3, -0.25) is 0 Å². The van der Waals surface area contributed by atoms with Crippen molar-refractivity contribution in [2.24, 2.45) is 0 Å². The van der Waals surface area contributed by atoms with E-state index in [1.807, 2.05) is 13.0 Å². The summed E-state index contributed by atoms with van der Waals surface area (Å²) in [6, 6.07) is 1.94. The number of hydrogen-bond donors (Lipinski definition) is 0. The molecule has 68 valence electrons. The van der Waals surface area contributed by atoms with Crippen LogP contribution in [0.4, 0.5) is 0 Å². The number of nitrogens with zero attached hydrogens (tertiary/aromatic N) is 1. The number of rotatable bonds is 2. The van der Waals surface area contributed by atoms with Crippen LogP contribution in [-0.4, -0.2) is 4.98 Å². The van der Waals surface area contributed by atoms with Crippen molar-refractivity contribution in [3.8, 4) is 0 Å². The smallest absolute Gasteiger partial charge is 0.181 e. The van der Waals surface area contributed by atoms with Crippen molar-refractivity contribution in [3.63, 3.8) is 0 Å². The Morgan fingerprint density at radius 2 is 2.31 bits per heavy atom. The fraction of sp³-hybridized carbons (Fsp3) is 0.300. The van der Waals surface area contributed by atoms with Crippen LogP contribution in [-0.2, 0) is 0 Å². The van der Waals surface area contributed by atoms with Gasteiger partial charge >= 0.3 is 0 Å². The molecule has 2 heterocycles. The largest absolute Gasteiger partial charge is 0.472 e. The second kappa shape index (κ2) is 3.09. The van der Waals surface area contributed by atoms with E-state index in [1.165, 1.54) is 6.39 Å². The average Bonchev–Trinajstić information content (AvgIpc) is 2.72. The highest BCUT2D eigenvalue weighted by Crippen LogP contribution is 2.26. The Bertz CT molecular complexity index is 375. The van der Waals surface area contributed by atoms with Crippen molar-refractivity contribution in [1.29, 1.82) is 0 Å². The van der Waals surface area contributed by atoms with Crippen molar-refractivity contribution in [3.05, 3.63) is 42.0 Å². The predicted octanol–water partition coefficient (Wildman–Crippen LogP) is 2.73. The van der Waals surface area contributed by atoms with Gasteiger partial charge in [-0.15, -0.1) is 0 Å². The molecule has 13 heavy (non-hydrogen) atoms. The average molecular weight is 177 g/mol. The molecule has 3 heteroatoms. The Kier molecular flexibility index (Phi) is 1.93. The standard InChI is InChI=1S/C10H11NO2/c1-7(9-3-4-12-5-9)10-8(2)11-6-13-10/h3-7H,1-2H3. The van der Waals surface area contributed by atoms with E-state index in [2.05, 4.69) is 11.9 Å². The van der Waals surface area contributed by atoms with Crippen LogP contribution in [0.25, 0.3) is 0 Å². The van der Waals surface area contributed by atoms with Crippen molar-refractivity contribution in [2.45, 2.75) is 19.8 Å². The third-order valence-electron chi connectivity index (χ3n) is 2.22. The quantitative estimate of drug-likeness (QED) is 0.708. The van der Waals surface area contributed by atoms with E-state index in [0.29, 0.717) is 0 Å². The first-order valence-electron chi connectivity index (χ1n) is 4.21. The Balaban J connectivity index is 2.33. The maximum absolute atomic E-state index is 5.30. The number of furan rings is 1. The van der Waals surface area contributed by atoms with Crippen LogP contribution in [0, 0.1) is 6.92 Å². The Labute approximate surface area is 76.4 Å². The maximum atomic E-state index is 5.30. The van der Waals surface area contributed by atoms with Crippen molar-refractivity contribution in [1.82, 2.24) is 4.98 Å². The first-order valence-corrected chi connectivity index (χ1v) is 4.21. The van der Waals surface area contributed by atoms with Gasteiger partial charge in [0.05, 0.1) is 18.2 Å². The molecule has 0 saturated heterocycles. The van der Waals surface area contributed by atoms with E-state index in [9.17, 15) is 0 Å². The zero-order valence-corrected chi connectivity index (χ0v) is 7.65. The molecule has 2 rings (SSSR count). The van der Waals surface area contributed by atoms with E-state index in [0.717, 1.165) is 17.0 Å². The van der Waals surface area contributed by atoms with Gasteiger partial charge in [-0.1, -0.05) is 6.92 Å². The summed E-state index contributed by atoms with van der Waals surface area (Å²) >= 11 is 0. The van der Waals surface area contributed by atoms with Gasteiger partial charge in [0.15, 0.2) is 6.39 Å². The van der Waals surface area contributed by atoms with Gasteiger partial charge in [-0.2, -0.15) is 0 Å². The van der Waals surface area contributed by atoms with Gasteiger partial charge < -0.3 is 8.83 Å². The maximum Gasteiger partial charge on any atom is 0.181 e. The van der Waals surface area contributed by atoms with Crippen molar-refractivity contribution >= 4 is 0 Å². The SMILES string of the molecule is Cc1ncoc1C(C)c1ccoc1. The van der Waals surface area contributed by atoms with Gasteiger partial charge in [-0.05, 0) is 13.0 Å². The van der Waals surface area contributed by atoms with Crippen LogP contribution in [0.5, 0.6) is 0 Å². The van der Waals surface area contributed by atoms with Crippen LogP contribution in [0.15, 0.2) is 33.8 Å². The highest BCUT2D eigenvalue weighted by atomic mass is 16.3. The molecular formula is C10H11NO2. The fourth-order valence-electron chi connectivity index (χ4n) is 1.40. The molecule has 0 bridgehead atoms. The molecule has 0 amide bonds. The summed E-state index contributed by atoms with van der Waals surface area (Å²) in [5.74, 6) is 1.11. The molecule has 0 aliphatic heterocycles. The third kappa shape index (κ3) is 1.37. The normalized spacial score (nSPS) is 13.1. The molecule has 0 aromatic carbocycles. The first kappa shape index (κ1) is 8.10. The van der Waals surface area contributed by atoms with Crippen LogP contribution in [0.2, 0.25) is 0 Å². The van der Waals surface area contributed by atoms with E-state index in [1.54, 1.807) is 12.5 Å². The molecule has 0 spiro atoms. The van der Waals surface area contributed by atoms with Crippen LogP contribution in [0.3, 0.4) is 0 Å². The second-order valence-corrected chi connectivity index (χ2v) is 3.08. The molecule has 0 radical (unpaired) electrons. The first-order chi connectivity index (χ1) is 6.29. The van der Waals surface area contributed by atoms with E-state index in [-0.39, 0.29) is 5.92 Å². The van der Waals surface area contributed by atoms with Crippen molar-refractivity contribution < 1.29 is 8.83 Å². The zero-order chi connectivity index (χ0) is 9.26. The molecular weight excluding hydrogens is 166 g/mol. The molecule has 2 aromatic rings. The number of oxazole rings is 1. The number of hydrogen-bond acceptors (Lipinski definition) is 3. The lowest BCUT2D eigenvalue weighted by Gasteiger charge is -2.04. The third-order valence-corrected chi connectivity index (χ3v) is 2.22. The molecule has 0 fully saturated rings. The van der Waals surface area contributed by atoms with Gasteiger partial charge in [0.25, 0.3) is 0 Å². The molecule has 0 aliphatic rings. The predicted molar refractivity (Wildman–Crippen MR) is 47.5 cm³/mol. The molecule has 0 aliphatic carbocycles. The summed E-state index contributed by atoms with van der Waals surface area (Å²) in [5.41, 5.74) is 2.05. The van der Waals surface area contributed by atoms with Gasteiger partial charge in [0.2, 0.25) is 0 Å². The molecule has 2 aromatic heterocycles. The lowest BCUT2D eigenvalue weighted by atomic mass is 10.0. The lowest BCUT2D eigenvalue weighted by Crippen LogP contribution is -1.94. The number of aromatic nitrogens is 1. The minimum absolute atomic E-state index is 0.209. The Hall–Kier alpha value is -1.51. The van der Waals surface area contributed by atoms with Crippen LogP contribution >= 0.6 is 0 Å². The monoisotopic (exact) mass is 177 g/mol. The molecule has 0 N–H and O–H groups in total. The summed E-state index contributed by atoms with van der Waals surface area (Å²) in [7, 11) is 0. The van der Waals surface area contributed by atoms with Gasteiger partial charge in [-0.25, -0.2) is 4.98 Å². The van der Waals surface area contributed by atoms with E-state index < -0.39 is 0 Å².